The molecule has 1 aliphatic heterocycles. The largest absolute Gasteiger partial charge is 0.334 e. The van der Waals surface area contributed by atoms with Gasteiger partial charge in [0.1, 0.15) is 0 Å². The van der Waals surface area contributed by atoms with Crippen LogP contribution in [0.1, 0.15) is 31.2 Å². The van der Waals surface area contributed by atoms with Gasteiger partial charge in [0.25, 0.3) is 0 Å². The van der Waals surface area contributed by atoms with Crippen LogP contribution in [0, 0.1) is 0 Å². The van der Waals surface area contributed by atoms with E-state index in [1.165, 1.54) is 18.4 Å². The van der Waals surface area contributed by atoms with Crippen molar-refractivity contribution in [2.75, 3.05) is 26.7 Å². The molecule has 5 heteroatoms. The van der Waals surface area contributed by atoms with Gasteiger partial charge in [-0.15, -0.1) is 12.4 Å². The number of piperidine rings is 1. The Hall–Kier alpha value is -1.10. The molecule has 23 heavy (non-hydrogen) atoms. The van der Waals surface area contributed by atoms with Crippen LogP contribution in [0.5, 0.6) is 0 Å². The summed E-state index contributed by atoms with van der Waals surface area (Å²) in [5.41, 5.74) is 1.23. The first-order chi connectivity index (χ1) is 10.8. The molecule has 4 nitrogen and oxygen atoms in total. The number of nitrogens with zero attached hydrogens (tertiary/aromatic N) is 2. The molecule has 1 unspecified atom stereocenters. The highest BCUT2D eigenvalue weighted by Gasteiger charge is 2.33. The zero-order valence-corrected chi connectivity index (χ0v) is 14.7. The normalized spacial score (nSPS) is 21.5. The van der Waals surface area contributed by atoms with Crippen molar-refractivity contribution in [3.63, 3.8) is 0 Å². The number of halogens is 1. The van der Waals surface area contributed by atoms with Crippen LogP contribution in [0.15, 0.2) is 30.3 Å². The van der Waals surface area contributed by atoms with Crippen LogP contribution in [0.2, 0.25) is 0 Å². The number of hydrogen-bond donors (Lipinski definition) is 1. The van der Waals surface area contributed by atoms with Crippen molar-refractivity contribution in [3.8, 4) is 0 Å². The monoisotopic (exact) mass is 337 g/mol. The molecule has 3 rings (SSSR count). The molecule has 1 amide bonds. The highest BCUT2D eigenvalue weighted by molar-refractivity contribution is 5.85. The van der Waals surface area contributed by atoms with Gasteiger partial charge in [-0.05, 0) is 44.8 Å². The summed E-state index contributed by atoms with van der Waals surface area (Å²) in [5, 5.41) is 3.34. The van der Waals surface area contributed by atoms with Gasteiger partial charge in [-0.3, -0.25) is 9.69 Å². The lowest BCUT2D eigenvalue weighted by molar-refractivity contribution is -0.134. The lowest BCUT2D eigenvalue weighted by Gasteiger charge is -2.33. The Bertz CT molecular complexity index is 492. The summed E-state index contributed by atoms with van der Waals surface area (Å²) in [7, 11) is 2.02. The van der Waals surface area contributed by atoms with E-state index in [2.05, 4.69) is 27.2 Å². The smallest absolute Gasteiger partial charge is 0.237 e. The molecule has 0 spiro atoms. The van der Waals surface area contributed by atoms with Gasteiger partial charge in [-0.1, -0.05) is 30.3 Å². The molecule has 1 aromatic carbocycles. The van der Waals surface area contributed by atoms with Gasteiger partial charge in [0.15, 0.2) is 0 Å². The van der Waals surface area contributed by atoms with E-state index in [1.807, 2.05) is 25.2 Å². The van der Waals surface area contributed by atoms with Crippen LogP contribution in [0.4, 0.5) is 0 Å². The fourth-order valence-electron chi connectivity index (χ4n) is 3.30. The van der Waals surface area contributed by atoms with E-state index in [1.54, 1.807) is 0 Å². The summed E-state index contributed by atoms with van der Waals surface area (Å²) in [6.45, 7) is 3.37. The predicted octanol–water partition coefficient (Wildman–Crippen LogP) is 2.28. The molecule has 1 aromatic rings. The van der Waals surface area contributed by atoms with Crippen molar-refractivity contribution in [2.24, 2.45) is 0 Å². The Labute approximate surface area is 145 Å². The average Bonchev–Trinajstić information content (AvgIpc) is 3.38. The Morgan fingerprint density at radius 1 is 1.26 bits per heavy atom. The lowest BCUT2D eigenvalue weighted by Crippen LogP contribution is -2.49. The van der Waals surface area contributed by atoms with Crippen LogP contribution in [0.25, 0.3) is 0 Å². The Balaban J connectivity index is 0.00000192. The first-order valence-corrected chi connectivity index (χ1v) is 8.49. The second-order valence-electron chi connectivity index (χ2n) is 6.60. The number of likely N-dealkylation sites (N-methyl/N-ethyl adjacent to an activating group) is 1. The lowest BCUT2D eigenvalue weighted by atomic mass is 10.1. The number of benzene rings is 1. The predicted molar refractivity (Wildman–Crippen MR) is 95.8 cm³/mol. The first-order valence-electron chi connectivity index (χ1n) is 8.49. The molecule has 1 aliphatic carbocycles. The second-order valence-corrected chi connectivity index (χ2v) is 6.60. The highest BCUT2D eigenvalue weighted by atomic mass is 35.5. The molecule has 1 heterocycles. The maximum atomic E-state index is 12.8. The van der Waals surface area contributed by atoms with Gasteiger partial charge in [0, 0.05) is 25.2 Å². The van der Waals surface area contributed by atoms with E-state index in [9.17, 15) is 4.79 Å². The topological polar surface area (TPSA) is 35.6 Å². The molecular formula is C18H28ClN3O. The maximum Gasteiger partial charge on any atom is 0.237 e. The van der Waals surface area contributed by atoms with Crippen LogP contribution < -0.4 is 5.32 Å². The molecule has 1 saturated carbocycles. The van der Waals surface area contributed by atoms with E-state index < -0.39 is 0 Å². The summed E-state index contributed by atoms with van der Waals surface area (Å²) in [6, 6.07) is 11.3. The highest BCUT2D eigenvalue weighted by Crippen LogP contribution is 2.28. The minimum Gasteiger partial charge on any atom is -0.334 e. The van der Waals surface area contributed by atoms with Crippen LogP contribution in [0.3, 0.4) is 0 Å². The number of rotatable bonds is 6. The molecular weight excluding hydrogens is 310 g/mol. The van der Waals surface area contributed by atoms with Gasteiger partial charge in [0.2, 0.25) is 5.91 Å². The SMILES string of the molecule is CNC1CCCN(CC(=O)N(Cc2ccccc2)C2CC2)C1.Cl. The number of likely N-dealkylation sites (tertiary alicyclic amines) is 1. The maximum absolute atomic E-state index is 12.8. The van der Waals surface area contributed by atoms with Crippen molar-refractivity contribution in [1.29, 1.82) is 0 Å². The van der Waals surface area contributed by atoms with Crippen molar-refractivity contribution in [2.45, 2.75) is 44.3 Å². The number of carbonyl (C=O) groups is 1. The van der Waals surface area contributed by atoms with Gasteiger partial charge in [-0.2, -0.15) is 0 Å². The first kappa shape index (κ1) is 18.2. The standard InChI is InChI=1S/C18H27N3O.ClH/c1-19-16-8-5-11-20(13-16)14-18(22)21(17-9-10-17)12-15-6-3-2-4-7-15;/h2-4,6-7,16-17,19H,5,8-14H2,1H3;1H. The summed E-state index contributed by atoms with van der Waals surface area (Å²) in [5.74, 6) is 0.295. The fraction of sp³-hybridized carbons (Fsp3) is 0.611. The number of hydrogen-bond acceptors (Lipinski definition) is 3. The van der Waals surface area contributed by atoms with Gasteiger partial charge >= 0.3 is 0 Å². The van der Waals surface area contributed by atoms with Crippen molar-refractivity contribution in [1.82, 2.24) is 15.1 Å². The quantitative estimate of drug-likeness (QED) is 0.865. The summed E-state index contributed by atoms with van der Waals surface area (Å²) >= 11 is 0. The Kier molecular flexibility index (Phi) is 6.88. The van der Waals surface area contributed by atoms with Crippen LogP contribution in [-0.4, -0.2) is 54.5 Å². The molecule has 0 radical (unpaired) electrons. The summed E-state index contributed by atoms with van der Waals surface area (Å²) in [4.78, 5) is 17.2. The fourth-order valence-corrected chi connectivity index (χ4v) is 3.30. The number of amides is 1. The third-order valence-electron chi connectivity index (χ3n) is 4.78. The number of carbonyl (C=O) groups excluding carboxylic acids is 1. The van der Waals surface area contributed by atoms with Crippen LogP contribution in [-0.2, 0) is 11.3 Å². The van der Waals surface area contributed by atoms with Gasteiger partial charge < -0.3 is 10.2 Å². The zero-order chi connectivity index (χ0) is 15.4. The van der Waals surface area contributed by atoms with Crippen molar-refractivity contribution < 1.29 is 4.79 Å². The van der Waals surface area contributed by atoms with Gasteiger partial charge in [-0.25, -0.2) is 0 Å². The summed E-state index contributed by atoms with van der Waals surface area (Å²) in [6.07, 6.45) is 4.73. The van der Waals surface area contributed by atoms with Crippen molar-refractivity contribution in [3.05, 3.63) is 35.9 Å². The Morgan fingerprint density at radius 2 is 2.00 bits per heavy atom. The average molecular weight is 338 g/mol. The minimum atomic E-state index is 0. The second kappa shape index (κ2) is 8.67. The molecule has 2 fully saturated rings. The van der Waals surface area contributed by atoms with E-state index in [4.69, 9.17) is 0 Å². The molecule has 128 valence electrons. The molecule has 0 bridgehead atoms. The van der Waals surface area contributed by atoms with E-state index >= 15 is 0 Å². The third-order valence-corrected chi connectivity index (χ3v) is 4.78. The molecule has 1 atom stereocenters. The van der Waals surface area contributed by atoms with E-state index in [0.717, 1.165) is 32.5 Å². The molecule has 0 aromatic heterocycles. The van der Waals surface area contributed by atoms with E-state index in [0.29, 0.717) is 24.5 Å². The minimum absolute atomic E-state index is 0. The van der Waals surface area contributed by atoms with Crippen LogP contribution >= 0.6 is 12.4 Å². The molecule has 2 aliphatic rings. The van der Waals surface area contributed by atoms with E-state index in [-0.39, 0.29) is 12.4 Å². The summed E-state index contributed by atoms with van der Waals surface area (Å²) < 4.78 is 0. The van der Waals surface area contributed by atoms with Crippen molar-refractivity contribution >= 4 is 18.3 Å². The van der Waals surface area contributed by atoms with Gasteiger partial charge in [0.05, 0.1) is 6.54 Å². The third kappa shape index (κ3) is 5.20. The number of nitrogens with one attached hydrogen (secondary N) is 1. The zero-order valence-electron chi connectivity index (χ0n) is 13.9. The Morgan fingerprint density at radius 3 is 2.65 bits per heavy atom. The molecule has 1 saturated heterocycles. The molecule has 1 N–H and O–H groups in total.